The van der Waals surface area contributed by atoms with Crippen molar-refractivity contribution in [3.63, 3.8) is 0 Å². The number of benzene rings is 3. The maximum absolute atomic E-state index is 10.2. The quantitative estimate of drug-likeness (QED) is 0.678. The number of phenols is 1. The first kappa shape index (κ1) is 14.6. The number of phenolic OH excluding ortho intramolecular Hbond substituents is 1. The van der Waals surface area contributed by atoms with Crippen LogP contribution in [0.2, 0.25) is 0 Å². The SMILES string of the molecule is Oc1cccc(-c2ccccc2)c1-c1ccccc1.[Ti]. The Hall–Kier alpha value is -1.83. The topological polar surface area (TPSA) is 20.2 Å². The van der Waals surface area contributed by atoms with Gasteiger partial charge in [-0.25, -0.2) is 0 Å². The smallest absolute Gasteiger partial charge is 0.124 e. The molecule has 2 heteroatoms. The molecule has 0 spiro atoms. The second kappa shape index (κ2) is 6.56. The fourth-order valence-corrected chi connectivity index (χ4v) is 2.31. The molecule has 0 bridgehead atoms. The molecule has 96 valence electrons. The predicted octanol–water partition coefficient (Wildman–Crippen LogP) is 4.72. The molecule has 0 aliphatic heterocycles. The van der Waals surface area contributed by atoms with Crippen molar-refractivity contribution in [3.05, 3.63) is 78.9 Å². The molecule has 3 aromatic carbocycles. The zero-order chi connectivity index (χ0) is 13.1. The van der Waals surface area contributed by atoms with Gasteiger partial charge in [0, 0.05) is 27.3 Å². The third-order valence-electron chi connectivity index (χ3n) is 3.19. The van der Waals surface area contributed by atoms with Gasteiger partial charge >= 0.3 is 0 Å². The Balaban J connectivity index is 0.00000147. The van der Waals surface area contributed by atoms with E-state index in [2.05, 4.69) is 12.1 Å². The predicted molar refractivity (Wildman–Crippen MR) is 79.0 cm³/mol. The van der Waals surface area contributed by atoms with Crippen LogP contribution in [0.15, 0.2) is 78.9 Å². The van der Waals surface area contributed by atoms with Gasteiger partial charge in [-0.15, -0.1) is 0 Å². The Bertz CT molecular complexity index is 678. The molecule has 0 heterocycles. The third-order valence-corrected chi connectivity index (χ3v) is 3.19. The van der Waals surface area contributed by atoms with Crippen LogP contribution in [0.25, 0.3) is 22.3 Å². The van der Waals surface area contributed by atoms with Crippen LogP contribution in [0.5, 0.6) is 5.75 Å². The molecule has 0 fully saturated rings. The van der Waals surface area contributed by atoms with Gasteiger partial charge in [0.15, 0.2) is 0 Å². The maximum Gasteiger partial charge on any atom is 0.124 e. The molecule has 0 saturated heterocycles. The molecule has 3 rings (SSSR count). The summed E-state index contributed by atoms with van der Waals surface area (Å²) in [6, 6.07) is 25.7. The molecule has 0 aromatic heterocycles. The minimum atomic E-state index is 0. The first-order valence-corrected chi connectivity index (χ1v) is 6.29. The molecule has 0 unspecified atom stereocenters. The van der Waals surface area contributed by atoms with E-state index in [0.717, 1.165) is 22.3 Å². The minimum absolute atomic E-state index is 0. The van der Waals surface area contributed by atoms with Gasteiger partial charge in [-0.1, -0.05) is 72.8 Å². The molecular weight excluding hydrogens is 280 g/mol. The fraction of sp³-hybridized carbons (Fsp3) is 0. The largest absolute Gasteiger partial charge is 0.507 e. The van der Waals surface area contributed by atoms with Crippen molar-refractivity contribution in [2.75, 3.05) is 0 Å². The van der Waals surface area contributed by atoms with E-state index < -0.39 is 0 Å². The summed E-state index contributed by atoms with van der Waals surface area (Å²) in [7, 11) is 0. The summed E-state index contributed by atoms with van der Waals surface area (Å²) in [5.74, 6) is 0.313. The standard InChI is InChI=1S/C18H14O.Ti/c19-17-13-7-12-16(14-8-3-1-4-9-14)18(17)15-10-5-2-6-11-15;/h1-13,19H;. The van der Waals surface area contributed by atoms with E-state index in [4.69, 9.17) is 0 Å². The molecule has 0 aliphatic rings. The summed E-state index contributed by atoms with van der Waals surface area (Å²) < 4.78 is 0. The summed E-state index contributed by atoms with van der Waals surface area (Å²) >= 11 is 0. The van der Waals surface area contributed by atoms with E-state index >= 15 is 0 Å². The molecule has 0 amide bonds. The molecule has 1 N–H and O–H groups in total. The first-order chi connectivity index (χ1) is 9.36. The number of rotatable bonds is 2. The Morgan fingerprint density at radius 2 is 1.10 bits per heavy atom. The van der Waals surface area contributed by atoms with Crippen LogP contribution in [0.4, 0.5) is 0 Å². The van der Waals surface area contributed by atoms with Gasteiger partial charge in [-0.2, -0.15) is 0 Å². The van der Waals surface area contributed by atoms with Gasteiger partial charge < -0.3 is 5.11 Å². The fourth-order valence-electron chi connectivity index (χ4n) is 2.31. The van der Waals surface area contributed by atoms with Crippen molar-refractivity contribution < 1.29 is 26.8 Å². The summed E-state index contributed by atoms with van der Waals surface area (Å²) in [5.41, 5.74) is 4.07. The third kappa shape index (κ3) is 2.85. The van der Waals surface area contributed by atoms with Crippen molar-refractivity contribution >= 4 is 0 Å². The normalized spacial score (nSPS) is 9.80. The number of hydrogen-bond acceptors (Lipinski definition) is 1. The first-order valence-electron chi connectivity index (χ1n) is 6.29. The molecule has 0 aliphatic carbocycles. The summed E-state index contributed by atoms with van der Waals surface area (Å²) in [5, 5.41) is 10.2. The summed E-state index contributed by atoms with van der Waals surface area (Å²) in [6.07, 6.45) is 0. The van der Waals surface area contributed by atoms with Crippen molar-refractivity contribution in [2.24, 2.45) is 0 Å². The average Bonchev–Trinajstić information content (AvgIpc) is 2.49. The van der Waals surface area contributed by atoms with Crippen molar-refractivity contribution in [1.82, 2.24) is 0 Å². The molecule has 1 nitrogen and oxygen atoms in total. The van der Waals surface area contributed by atoms with E-state index in [-0.39, 0.29) is 21.7 Å². The molecule has 0 atom stereocenters. The molecule has 3 aromatic rings. The number of aromatic hydroxyl groups is 1. The molecule has 20 heavy (non-hydrogen) atoms. The van der Waals surface area contributed by atoms with E-state index in [0.29, 0.717) is 5.75 Å². The van der Waals surface area contributed by atoms with E-state index in [9.17, 15) is 5.11 Å². The van der Waals surface area contributed by atoms with Crippen molar-refractivity contribution in [2.45, 2.75) is 0 Å². The van der Waals surface area contributed by atoms with Crippen molar-refractivity contribution in [3.8, 4) is 28.0 Å². The van der Waals surface area contributed by atoms with Gasteiger partial charge in [0.05, 0.1) is 0 Å². The summed E-state index contributed by atoms with van der Waals surface area (Å²) in [6.45, 7) is 0. The molecule has 0 saturated carbocycles. The zero-order valence-corrected chi connectivity index (χ0v) is 12.5. The number of hydrogen-bond donors (Lipinski definition) is 1. The van der Waals surface area contributed by atoms with Gasteiger partial charge in [-0.3, -0.25) is 0 Å². The van der Waals surface area contributed by atoms with Crippen LogP contribution in [0, 0.1) is 0 Å². The van der Waals surface area contributed by atoms with Crippen LogP contribution in [-0.2, 0) is 21.7 Å². The summed E-state index contributed by atoms with van der Waals surface area (Å²) in [4.78, 5) is 0. The average molecular weight is 294 g/mol. The van der Waals surface area contributed by atoms with E-state index in [1.807, 2.05) is 60.7 Å². The Morgan fingerprint density at radius 3 is 1.70 bits per heavy atom. The second-order valence-electron chi connectivity index (χ2n) is 4.43. The van der Waals surface area contributed by atoms with E-state index in [1.54, 1.807) is 6.07 Å². The van der Waals surface area contributed by atoms with Crippen LogP contribution in [0.3, 0.4) is 0 Å². The van der Waals surface area contributed by atoms with Gasteiger partial charge in [0.1, 0.15) is 5.75 Å². The van der Waals surface area contributed by atoms with Crippen LogP contribution >= 0.6 is 0 Å². The van der Waals surface area contributed by atoms with Crippen LogP contribution < -0.4 is 0 Å². The van der Waals surface area contributed by atoms with Gasteiger partial charge in [0.2, 0.25) is 0 Å². The second-order valence-corrected chi connectivity index (χ2v) is 4.43. The monoisotopic (exact) mass is 294 g/mol. The zero-order valence-electron chi connectivity index (χ0n) is 11.0. The Kier molecular flexibility index (Phi) is 4.78. The Morgan fingerprint density at radius 1 is 0.550 bits per heavy atom. The van der Waals surface area contributed by atoms with E-state index in [1.165, 1.54) is 0 Å². The minimum Gasteiger partial charge on any atom is -0.507 e. The maximum atomic E-state index is 10.2. The van der Waals surface area contributed by atoms with Crippen LogP contribution in [0.1, 0.15) is 0 Å². The molecular formula is C18H14OTi. The Labute approximate surface area is 133 Å². The van der Waals surface area contributed by atoms with Gasteiger partial charge in [0.25, 0.3) is 0 Å². The van der Waals surface area contributed by atoms with Crippen LogP contribution in [-0.4, -0.2) is 5.11 Å². The van der Waals surface area contributed by atoms with Crippen molar-refractivity contribution in [1.29, 1.82) is 0 Å². The van der Waals surface area contributed by atoms with Gasteiger partial charge in [-0.05, 0) is 22.8 Å². The molecule has 0 radical (unpaired) electrons.